The van der Waals surface area contributed by atoms with Gasteiger partial charge in [-0.15, -0.1) is 0 Å². The van der Waals surface area contributed by atoms with Gasteiger partial charge in [-0.1, -0.05) is 0 Å². The molecule has 1 heterocycles. The molecule has 0 saturated carbocycles. The van der Waals surface area contributed by atoms with Crippen LogP contribution in [-0.2, 0) is 0 Å². The number of benzene rings is 1. The number of thioether (sulfide) groups is 1. The van der Waals surface area contributed by atoms with E-state index in [2.05, 4.69) is 11.4 Å². The van der Waals surface area contributed by atoms with Crippen LogP contribution in [0, 0.1) is 17.1 Å². The fourth-order valence-corrected chi connectivity index (χ4v) is 2.98. The average Bonchev–Trinajstić information content (AvgIpc) is 2.33. The largest absolute Gasteiger partial charge is 0.367 e. The topological polar surface area (TPSA) is 35.8 Å². The number of halogens is 1. The van der Waals surface area contributed by atoms with Crippen molar-refractivity contribution >= 4 is 17.4 Å². The first kappa shape index (κ1) is 11.3. The summed E-state index contributed by atoms with van der Waals surface area (Å²) in [5, 5.41) is 12.5. The zero-order valence-corrected chi connectivity index (χ0v) is 9.69. The summed E-state index contributed by atoms with van der Waals surface area (Å²) in [6.45, 7) is 0. The van der Waals surface area contributed by atoms with Gasteiger partial charge in [0, 0.05) is 5.69 Å². The van der Waals surface area contributed by atoms with Crippen LogP contribution in [0.1, 0.15) is 12.8 Å². The van der Waals surface area contributed by atoms with Gasteiger partial charge < -0.3 is 5.32 Å². The Labute approximate surface area is 98.8 Å². The van der Waals surface area contributed by atoms with E-state index in [0.29, 0.717) is 0 Å². The lowest BCUT2D eigenvalue weighted by Crippen LogP contribution is -2.40. The van der Waals surface area contributed by atoms with Crippen molar-refractivity contribution in [3.63, 3.8) is 0 Å². The fraction of sp³-hybridized carbons (Fsp3) is 0.417. The van der Waals surface area contributed by atoms with Gasteiger partial charge in [-0.3, -0.25) is 0 Å². The Morgan fingerprint density at radius 2 is 1.88 bits per heavy atom. The highest BCUT2D eigenvalue weighted by Gasteiger charge is 2.31. The molecular formula is C12H13FN2S. The van der Waals surface area contributed by atoms with Crippen molar-refractivity contribution in [3.8, 4) is 6.07 Å². The van der Waals surface area contributed by atoms with Gasteiger partial charge in [0.15, 0.2) is 0 Å². The maximum atomic E-state index is 12.7. The van der Waals surface area contributed by atoms with Crippen LogP contribution in [0.2, 0.25) is 0 Å². The third kappa shape index (κ3) is 2.48. The van der Waals surface area contributed by atoms with E-state index >= 15 is 0 Å². The third-order valence-corrected chi connectivity index (χ3v) is 3.77. The van der Waals surface area contributed by atoms with Gasteiger partial charge >= 0.3 is 0 Å². The summed E-state index contributed by atoms with van der Waals surface area (Å²) in [4.78, 5) is 0. The lowest BCUT2D eigenvalue weighted by molar-refractivity contribution is 0.545. The van der Waals surface area contributed by atoms with Crippen LogP contribution in [0.15, 0.2) is 24.3 Å². The molecule has 0 radical (unpaired) electrons. The number of hydrogen-bond acceptors (Lipinski definition) is 3. The molecule has 1 saturated heterocycles. The van der Waals surface area contributed by atoms with Gasteiger partial charge in [-0.2, -0.15) is 17.0 Å². The molecule has 1 fully saturated rings. The van der Waals surface area contributed by atoms with Crippen LogP contribution in [-0.4, -0.2) is 17.0 Å². The first-order valence-electron chi connectivity index (χ1n) is 5.27. The van der Waals surface area contributed by atoms with Crippen molar-refractivity contribution in [1.82, 2.24) is 0 Å². The SMILES string of the molecule is N#CC1(Nc2ccc(F)cc2)CCSCC1. The van der Waals surface area contributed by atoms with Crippen molar-refractivity contribution < 1.29 is 4.39 Å². The predicted octanol–water partition coefficient (Wildman–Crippen LogP) is 3.03. The molecule has 4 heteroatoms. The van der Waals surface area contributed by atoms with Gasteiger partial charge in [-0.25, -0.2) is 4.39 Å². The minimum absolute atomic E-state index is 0.254. The summed E-state index contributed by atoms with van der Waals surface area (Å²) in [6, 6.07) is 8.53. The van der Waals surface area contributed by atoms with Gasteiger partial charge in [0.2, 0.25) is 0 Å². The van der Waals surface area contributed by atoms with Crippen molar-refractivity contribution in [1.29, 1.82) is 5.26 Å². The summed E-state index contributed by atoms with van der Waals surface area (Å²) < 4.78 is 12.7. The van der Waals surface area contributed by atoms with Crippen molar-refractivity contribution in [3.05, 3.63) is 30.1 Å². The Morgan fingerprint density at radius 1 is 1.25 bits per heavy atom. The molecule has 0 aromatic heterocycles. The van der Waals surface area contributed by atoms with Gasteiger partial charge in [0.25, 0.3) is 0 Å². The molecule has 1 N–H and O–H groups in total. The van der Waals surface area contributed by atoms with Crippen LogP contribution in [0.4, 0.5) is 10.1 Å². The van der Waals surface area contributed by atoms with Crippen molar-refractivity contribution in [2.45, 2.75) is 18.4 Å². The Morgan fingerprint density at radius 3 is 2.44 bits per heavy atom. The highest BCUT2D eigenvalue weighted by molar-refractivity contribution is 7.99. The van der Waals surface area contributed by atoms with Crippen molar-refractivity contribution in [2.24, 2.45) is 0 Å². The Bertz CT molecular complexity index is 390. The molecule has 1 aromatic rings. The van der Waals surface area contributed by atoms with Gasteiger partial charge in [-0.05, 0) is 48.6 Å². The fourth-order valence-electron chi connectivity index (χ4n) is 1.79. The minimum Gasteiger partial charge on any atom is -0.367 e. The quantitative estimate of drug-likeness (QED) is 0.857. The molecule has 2 rings (SSSR count). The summed E-state index contributed by atoms with van der Waals surface area (Å²) in [6.07, 6.45) is 1.68. The highest BCUT2D eigenvalue weighted by atomic mass is 32.2. The zero-order chi connectivity index (χ0) is 11.4. The first-order chi connectivity index (χ1) is 7.74. The third-order valence-electron chi connectivity index (χ3n) is 2.79. The van der Waals surface area contributed by atoms with Crippen LogP contribution in [0.3, 0.4) is 0 Å². The standard InChI is InChI=1S/C12H13FN2S/c13-10-1-3-11(4-2-10)15-12(9-14)5-7-16-8-6-12/h1-4,15H,5-8H2. The number of nitrogens with zero attached hydrogens (tertiary/aromatic N) is 1. The zero-order valence-electron chi connectivity index (χ0n) is 8.87. The van der Waals surface area contributed by atoms with Crippen LogP contribution in [0.5, 0.6) is 0 Å². The summed E-state index contributed by atoms with van der Waals surface area (Å²) in [5.41, 5.74) is 0.346. The molecule has 1 aliphatic rings. The van der Waals surface area contributed by atoms with Crippen molar-refractivity contribution in [2.75, 3.05) is 16.8 Å². The Hall–Kier alpha value is -1.21. The molecular weight excluding hydrogens is 223 g/mol. The van der Waals surface area contributed by atoms with Gasteiger partial charge in [0.1, 0.15) is 11.4 Å². The Balaban J connectivity index is 2.12. The molecule has 0 amide bonds. The van der Waals surface area contributed by atoms with Crippen LogP contribution < -0.4 is 5.32 Å². The number of rotatable bonds is 2. The van der Waals surface area contributed by atoms with E-state index < -0.39 is 5.54 Å². The van der Waals surface area contributed by atoms with Crippen LogP contribution in [0.25, 0.3) is 0 Å². The molecule has 0 unspecified atom stereocenters. The molecule has 0 atom stereocenters. The monoisotopic (exact) mass is 236 g/mol. The molecule has 0 bridgehead atoms. The number of anilines is 1. The number of hydrogen-bond donors (Lipinski definition) is 1. The van der Waals surface area contributed by atoms with E-state index in [-0.39, 0.29) is 5.82 Å². The van der Waals surface area contributed by atoms with E-state index in [4.69, 9.17) is 0 Å². The predicted molar refractivity (Wildman–Crippen MR) is 64.9 cm³/mol. The second-order valence-corrected chi connectivity index (χ2v) is 5.16. The van der Waals surface area contributed by atoms with E-state index in [1.54, 1.807) is 12.1 Å². The lowest BCUT2D eigenvalue weighted by Gasteiger charge is -2.32. The number of nitrogens with one attached hydrogen (secondary N) is 1. The normalized spacial score (nSPS) is 18.8. The smallest absolute Gasteiger partial charge is 0.126 e. The summed E-state index contributed by atoms with van der Waals surface area (Å²) >= 11 is 1.87. The maximum absolute atomic E-state index is 12.7. The van der Waals surface area contributed by atoms with E-state index in [9.17, 15) is 9.65 Å². The molecule has 2 nitrogen and oxygen atoms in total. The lowest BCUT2D eigenvalue weighted by atomic mass is 9.93. The highest BCUT2D eigenvalue weighted by Crippen LogP contribution is 2.30. The summed E-state index contributed by atoms with van der Waals surface area (Å²) in [7, 11) is 0. The molecule has 0 spiro atoms. The molecule has 1 aromatic carbocycles. The van der Waals surface area contributed by atoms with Crippen LogP contribution >= 0.6 is 11.8 Å². The molecule has 84 valence electrons. The maximum Gasteiger partial charge on any atom is 0.126 e. The van der Waals surface area contributed by atoms with Gasteiger partial charge in [0.05, 0.1) is 6.07 Å². The van der Waals surface area contributed by atoms with E-state index in [1.807, 2.05) is 11.8 Å². The Kier molecular flexibility index (Phi) is 3.35. The summed E-state index contributed by atoms with van der Waals surface area (Å²) in [5.74, 6) is 1.75. The average molecular weight is 236 g/mol. The second kappa shape index (κ2) is 4.75. The first-order valence-corrected chi connectivity index (χ1v) is 6.42. The van der Waals surface area contributed by atoms with E-state index in [1.165, 1.54) is 12.1 Å². The minimum atomic E-state index is -0.469. The molecule has 0 aliphatic carbocycles. The number of nitriles is 1. The molecule has 1 aliphatic heterocycles. The second-order valence-electron chi connectivity index (χ2n) is 3.94. The van der Waals surface area contributed by atoms with E-state index in [0.717, 1.165) is 30.0 Å². The molecule has 16 heavy (non-hydrogen) atoms.